The van der Waals surface area contributed by atoms with Crippen molar-refractivity contribution in [3.63, 3.8) is 0 Å². The molecule has 0 saturated carbocycles. The molecule has 1 heterocycles. The molecule has 0 aromatic carbocycles. The standard InChI is InChI=1S/C4H6N2.2ClH/c5-4-1-2-6-3-4;;/h1-3,6H,5H2;2*1H. The van der Waals surface area contributed by atoms with Crippen LogP contribution in [-0.4, -0.2) is 4.98 Å². The van der Waals surface area contributed by atoms with E-state index in [0.717, 1.165) is 5.69 Å². The number of rotatable bonds is 0. The van der Waals surface area contributed by atoms with Gasteiger partial charge in [-0.3, -0.25) is 0 Å². The van der Waals surface area contributed by atoms with Crippen LogP contribution in [0.25, 0.3) is 0 Å². The number of hydrogen-bond acceptors (Lipinski definition) is 1. The molecule has 0 fully saturated rings. The third kappa shape index (κ3) is 2.77. The number of nitrogens with one attached hydrogen (secondary N) is 1. The Labute approximate surface area is 60.3 Å². The van der Waals surface area contributed by atoms with E-state index in [1.54, 1.807) is 18.5 Å². The Morgan fingerprint density at radius 3 is 2.12 bits per heavy atom. The number of nitrogens with two attached hydrogens (primary N) is 1. The lowest BCUT2D eigenvalue weighted by atomic mass is 10.6. The molecule has 8 heavy (non-hydrogen) atoms. The van der Waals surface area contributed by atoms with Crippen LogP contribution in [0.1, 0.15) is 0 Å². The first-order valence-corrected chi connectivity index (χ1v) is 1.78. The van der Waals surface area contributed by atoms with Crippen LogP contribution in [0.2, 0.25) is 0 Å². The second kappa shape index (κ2) is 4.81. The lowest BCUT2D eigenvalue weighted by molar-refractivity contribution is 1.42. The van der Waals surface area contributed by atoms with E-state index in [-0.39, 0.29) is 24.8 Å². The van der Waals surface area contributed by atoms with Gasteiger partial charge in [0, 0.05) is 18.1 Å². The van der Waals surface area contributed by atoms with Crippen molar-refractivity contribution in [2.24, 2.45) is 0 Å². The maximum atomic E-state index is 5.25. The minimum Gasteiger partial charge on any atom is -0.398 e. The van der Waals surface area contributed by atoms with Crippen LogP contribution in [0.3, 0.4) is 0 Å². The third-order valence-electron chi connectivity index (χ3n) is 0.622. The second-order valence-corrected chi connectivity index (χ2v) is 1.14. The fourth-order valence-corrected chi connectivity index (χ4v) is 0.337. The first-order valence-electron chi connectivity index (χ1n) is 1.78. The molecular formula is C4H8Cl2N2. The largest absolute Gasteiger partial charge is 0.398 e. The van der Waals surface area contributed by atoms with Gasteiger partial charge in [0.15, 0.2) is 0 Å². The highest BCUT2D eigenvalue weighted by molar-refractivity contribution is 5.85. The molecule has 0 amide bonds. The minimum atomic E-state index is 0. The van der Waals surface area contributed by atoms with Crippen LogP contribution in [0, 0.1) is 0 Å². The maximum absolute atomic E-state index is 5.25. The Kier molecular flexibility index (Phi) is 6.38. The topological polar surface area (TPSA) is 41.8 Å². The van der Waals surface area contributed by atoms with Crippen molar-refractivity contribution in [2.75, 3.05) is 5.73 Å². The summed E-state index contributed by atoms with van der Waals surface area (Å²) in [6.45, 7) is 0. The van der Waals surface area contributed by atoms with Crippen LogP contribution >= 0.6 is 24.8 Å². The summed E-state index contributed by atoms with van der Waals surface area (Å²) in [7, 11) is 0. The predicted molar refractivity (Wildman–Crippen MR) is 39.7 cm³/mol. The fraction of sp³-hybridized carbons (Fsp3) is 0. The number of H-pyrrole nitrogens is 1. The molecule has 2 nitrogen and oxygen atoms in total. The van der Waals surface area contributed by atoms with E-state index in [1.807, 2.05) is 0 Å². The molecule has 0 unspecified atom stereocenters. The van der Waals surface area contributed by atoms with Gasteiger partial charge in [-0.2, -0.15) is 0 Å². The molecule has 1 rings (SSSR count). The summed E-state index contributed by atoms with van der Waals surface area (Å²) >= 11 is 0. The lowest BCUT2D eigenvalue weighted by Gasteiger charge is -1.69. The number of nitrogen functional groups attached to an aromatic ring is 1. The van der Waals surface area contributed by atoms with Crippen molar-refractivity contribution in [3.8, 4) is 0 Å². The lowest BCUT2D eigenvalue weighted by Crippen LogP contribution is -1.75. The summed E-state index contributed by atoms with van der Waals surface area (Å²) in [5, 5.41) is 0. The average Bonchev–Trinajstić information content (AvgIpc) is 1.86. The molecule has 0 bridgehead atoms. The smallest absolute Gasteiger partial charge is 0.0491 e. The maximum Gasteiger partial charge on any atom is 0.0491 e. The zero-order chi connectivity index (χ0) is 4.41. The quantitative estimate of drug-likeness (QED) is 0.584. The van der Waals surface area contributed by atoms with Gasteiger partial charge in [0.05, 0.1) is 0 Å². The monoisotopic (exact) mass is 154 g/mol. The SMILES string of the molecule is Cl.Cl.Nc1cc[nH]c1. The summed E-state index contributed by atoms with van der Waals surface area (Å²) < 4.78 is 0. The highest BCUT2D eigenvalue weighted by Gasteiger charge is 1.73. The van der Waals surface area contributed by atoms with Gasteiger partial charge in [-0.15, -0.1) is 24.8 Å². The normalized spacial score (nSPS) is 6.50. The van der Waals surface area contributed by atoms with Gasteiger partial charge < -0.3 is 10.7 Å². The van der Waals surface area contributed by atoms with E-state index in [9.17, 15) is 0 Å². The number of hydrogen-bond donors (Lipinski definition) is 2. The Hall–Kier alpha value is -0.340. The number of halogens is 2. The first kappa shape index (κ1) is 10.6. The zero-order valence-corrected chi connectivity index (χ0v) is 5.76. The van der Waals surface area contributed by atoms with Crippen molar-refractivity contribution < 1.29 is 0 Å². The van der Waals surface area contributed by atoms with E-state index in [1.165, 1.54) is 0 Å². The van der Waals surface area contributed by atoms with Crippen molar-refractivity contribution in [3.05, 3.63) is 18.5 Å². The minimum absolute atomic E-state index is 0. The van der Waals surface area contributed by atoms with Gasteiger partial charge in [0.2, 0.25) is 0 Å². The number of aromatic amines is 1. The third-order valence-corrected chi connectivity index (χ3v) is 0.622. The molecule has 1 aromatic rings. The van der Waals surface area contributed by atoms with Gasteiger partial charge in [0.25, 0.3) is 0 Å². The molecule has 48 valence electrons. The van der Waals surface area contributed by atoms with Gasteiger partial charge in [-0.05, 0) is 6.07 Å². The summed E-state index contributed by atoms with van der Waals surface area (Å²) in [5.41, 5.74) is 6.03. The summed E-state index contributed by atoms with van der Waals surface area (Å²) in [6.07, 6.45) is 3.52. The summed E-state index contributed by atoms with van der Waals surface area (Å²) in [4.78, 5) is 2.80. The second-order valence-electron chi connectivity index (χ2n) is 1.14. The van der Waals surface area contributed by atoms with Crippen LogP contribution in [0.15, 0.2) is 18.5 Å². The zero-order valence-electron chi connectivity index (χ0n) is 4.13. The fourth-order valence-electron chi connectivity index (χ4n) is 0.337. The molecule has 0 radical (unpaired) electrons. The molecule has 3 N–H and O–H groups in total. The highest BCUT2D eigenvalue weighted by atomic mass is 35.5. The van der Waals surface area contributed by atoms with Crippen LogP contribution < -0.4 is 5.73 Å². The van der Waals surface area contributed by atoms with E-state index in [4.69, 9.17) is 5.73 Å². The summed E-state index contributed by atoms with van der Waals surface area (Å²) in [5.74, 6) is 0. The van der Waals surface area contributed by atoms with Crippen molar-refractivity contribution >= 4 is 30.5 Å². The van der Waals surface area contributed by atoms with Crippen molar-refractivity contribution in [1.29, 1.82) is 0 Å². The van der Waals surface area contributed by atoms with Gasteiger partial charge in [0.1, 0.15) is 0 Å². The van der Waals surface area contributed by atoms with Gasteiger partial charge >= 0.3 is 0 Å². The molecular weight excluding hydrogens is 147 g/mol. The molecule has 0 aliphatic heterocycles. The van der Waals surface area contributed by atoms with E-state index >= 15 is 0 Å². The van der Waals surface area contributed by atoms with E-state index < -0.39 is 0 Å². The molecule has 4 heteroatoms. The van der Waals surface area contributed by atoms with Crippen LogP contribution in [0.4, 0.5) is 5.69 Å². The van der Waals surface area contributed by atoms with Crippen LogP contribution in [0.5, 0.6) is 0 Å². The molecule has 0 aliphatic rings. The highest BCUT2D eigenvalue weighted by Crippen LogP contribution is 1.92. The van der Waals surface area contributed by atoms with Gasteiger partial charge in [-0.1, -0.05) is 0 Å². The molecule has 0 saturated heterocycles. The molecule has 1 aromatic heterocycles. The number of aromatic nitrogens is 1. The van der Waals surface area contributed by atoms with Crippen molar-refractivity contribution in [1.82, 2.24) is 4.98 Å². The Morgan fingerprint density at radius 1 is 1.38 bits per heavy atom. The Bertz CT molecular complexity index is 116. The van der Waals surface area contributed by atoms with Crippen molar-refractivity contribution in [2.45, 2.75) is 0 Å². The van der Waals surface area contributed by atoms with E-state index in [2.05, 4.69) is 4.98 Å². The van der Waals surface area contributed by atoms with Gasteiger partial charge in [-0.25, -0.2) is 0 Å². The molecule has 0 atom stereocenters. The predicted octanol–water partition coefficient (Wildman–Crippen LogP) is 1.44. The Morgan fingerprint density at radius 2 is 2.00 bits per heavy atom. The van der Waals surface area contributed by atoms with Crippen LogP contribution in [-0.2, 0) is 0 Å². The molecule has 0 aliphatic carbocycles. The Balaban J connectivity index is 0. The first-order chi connectivity index (χ1) is 2.89. The average molecular weight is 155 g/mol. The van der Waals surface area contributed by atoms with E-state index in [0.29, 0.717) is 0 Å². The molecule has 0 spiro atoms. The summed E-state index contributed by atoms with van der Waals surface area (Å²) in [6, 6.07) is 1.81. The number of anilines is 1.